The van der Waals surface area contributed by atoms with Crippen LogP contribution in [-0.4, -0.2) is 6.54 Å². The second-order valence-electron chi connectivity index (χ2n) is 4.73. The second kappa shape index (κ2) is 6.43. The lowest BCUT2D eigenvalue weighted by atomic mass is 9.92. The minimum Gasteiger partial charge on any atom is -0.330 e. The molecule has 0 spiro atoms. The molecule has 0 fully saturated rings. The molecule has 2 N–H and O–H groups in total. The standard InChI is InChI=1S/C16H17F2N/c17-15-6-3-4-12(10-15)8-13(11-19)9-14-5-1-2-7-16(14)18/h1-7,10,13H,8-9,11,19H2. The molecule has 0 aromatic heterocycles. The Balaban J connectivity index is 2.07. The highest BCUT2D eigenvalue weighted by atomic mass is 19.1. The van der Waals surface area contributed by atoms with Gasteiger partial charge in [-0.2, -0.15) is 0 Å². The summed E-state index contributed by atoms with van der Waals surface area (Å²) < 4.78 is 26.7. The van der Waals surface area contributed by atoms with Crippen LogP contribution >= 0.6 is 0 Å². The van der Waals surface area contributed by atoms with Crippen LogP contribution in [0.25, 0.3) is 0 Å². The molecule has 0 heterocycles. The predicted molar refractivity (Wildman–Crippen MR) is 72.8 cm³/mol. The van der Waals surface area contributed by atoms with Crippen molar-refractivity contribution in [3.8, 4) is 0 Å². The lowest BCUT2D eigenvalue weighted by Crippen LogP contribution is -2.20. The summed E-state index contributed by atoms with van der Waals surface area (Å²) >= 11 is 0. The van der Waals surface area contributed by atoms with Gasteiger partial charge in [0.15, 0.2) is 0 Å². The number of nitrogens with two attached hydrogens (primary N) is 1. The molecule has 100 valence electrons. The van der Waals surface area contributed by atoms with Crippen molar-refractivity contribution >= 4 is 0 Å². The Morgan fingerprint density at radius 2 is 1.74 bits per heavy atom. The molecule has 0 saturated carbocycles. The molecule has 0 radical (unpaired) electrons. The molecule has 0 aliphatic carbocycles. The van der Waals surface area contributed by atoms with Crippen molar-refractivity contribution in [1.29, 1.82) is 0 Å². The third kappa shape index (κ3) is 3.86. The molecule has 0 amide bonds. The van der Waals surface area contributed by atoms with E-state index >= 15 is 0 Å². The van der Waals surface area contributed by atoms with Gasteiger partial charge in [-0.15, -0.1) is 0 Å². The molecular weight excluding hydrogens is 244 g/mol. The average Bonchev–Trinajstić information content (AvgIpc) is 2.40. The van der Waals surface area contributed by atoms with E-state index in [0.29, 0.717) is 24.9 Å². The zero-order chi connectivity index (χ0) is 13.7. The van der Waals surface area contributed by atoms with Gasteiger partial charge < -0.3 is 5.73 Å². The molecule has 0 aliphatic rings. The first-order valence-corrected chi connectivity index (χ1v) is 6.37. The molecule has 0 aliphatic heterocycles. The maximum Gasteiger partial charge on any atom is 0.126 e. The van der Waals surface area contributed by atoms with Crippen molar-refractivity contribution in [2.24, 2.45) is 11.7 Å². The Morgan fingerprint density at radius 1 is 0.947 bits per heavy atom. The Labute approximate surface area is 112 Å². The topological polar surface area (TPSA) is 26.0 Å². The van der Waals surface area contributed by atoms with E-state index in [1.165, 1.54) is 18.2 Å². The highest BCUT2D eigenvalue weighted by molar-refractivity contribution is 5.20. The van der Waals surface area contributed by atoms with Crippen molar-refractivity contribution in [3.05, 3.63) is 71.3 Å². The normalized spacial score (nSPS) is 12.4. The predicted octanol–water partition coefficient (Wildman–Crippen LogP) is 3.32. The Kier molecular flexibility index (Phi) is 4.63. The number of hydrogen-bond acceptors (Lipinski definition) is 1. The van der Waals surface area contributed by atoms with E-state index in [-0.39, 0.29) is 17.6 Å². The summed E-state index contributed by atoms with van der Waals surface area (Å²) in [6, 6.07) is 13.2. The van der Waals surface area contributed by atoms with Crippen LogP contribution in [-0.2, 0) is 12.8 Å². The summed E-state index contributed by atoms with van der Waals surface area (Å²) in [6.45, 7) is 0.449. The van der Waals surface area contributed by atoms with Gasteiger partial charge in [0, 0.05) is 0 Å². The van der Waals surface area contributed by atoms with Crippen molar-refractivity contribution in [2.75, 3.05) is 6.54 Å². The van der Waals surface area contributed by atoms with Crippen molar-refractivity contribution in [1.82, 2.24) is 0 Å². The van der Waals surface area contributed by atoms with Gasteiger partial charge in [0.25, 0.3) is 0 Å². The molecule has 0 saturated heterocycles. The minimum atomic E-state index is -0.251. The molecular formula is C16H17F2N. The van der Waals surface area contributed by atoms with Crippen LogP contribution in [0.5, 0.6) is 0 Å². The van der Waals surface area contributed by atoms with E-state index in [1.54, 1.807) is 18.2 Å². The van der Waals surface area contributed by atoms with Gasteiger partial charge in [0.05, 0.1) is 0 Å². The summed E-state index contributed by atoms with van der Waals surface area (Å²) in [5.41, 5.74) is 7.30. The van der Waals surface area contributed by atoms with Crippen molar-refractivity contribution in [3.63, 3.8) is 0 Å². The maximum absolute atomic E-state index is 13.6. The largest absolute Gasteiger partial charge is 0.330 e. The summed E-state index contributed by atoms with van der Waals surface area (Å²) in [6.07, 6.45) is 1.22. The van der Waals surface area contributed by atoms with E-state index in [9.17, 15) is 8.78 Å². The number of rotatable bonds is 5. The van der Waals surface area contributed by atoms with Crippen LogP contribution in [0, 0.1) is 17.6 Å². The summed E-state index contributed by atoms with van der Waals surface area (Å²) in [7, 11) is 0. The van der Waals surface area contributed by atoms with Crippen LogP contribution in [0.15, 0.2) is 48.5 Å². The summed E-state index contributed by atoms with van der Waals surface area (Å²) in [4.78, 5) is 0. The fourth-order valence-electron chi connectivity index (χ4n) is 2.21. The van der Waals surface area contributed by atoms with Crippen LogP contribution in [0.3, 0.4) is 0 Å². The van der Waals surface area contributed by atoms with Crippen molar-refractivity contribution < 1.29 is 8.78 Å². The second-order valence-corrected chi connectivity index (χ2v) is 4.73. The monoisotopic (exact) mass is 261 g/mol. The van der Waals surface area contributed by atoms with Gasteiger partial charge in [-0.05, 0) is 54.6 Å². The average molecular weight is 261 g/mol. The Hall–Kier alpha value is -1.74. The fourth-order valence-corrected chi connectivity index (χ4v) is 2.21. The van der Waals surface area contributed by atoms with E-state index in [1.807, 2.05) is 12.1 Å². The quantitative estimate of drug-likeness (QED) is 0.877. The van der Waals surface area contributed by atoms with Crippen LogP contribution in [0.2, 0.25) is 0 Å². The Morgan fingerprint density at radius 3 is 2.42 bits per heavy atom. The smallest absolute Gasteiger partial charge is 0.126 e. The lowest BCUT2D eigenvalue weighted by Gasteiger charge is -2.15. The number of hydrogen-bond donors (Lipinski definition) is 1. The van der Waals surface area contributed by atoms with Gasteiger partial charge >= 0.3 is 0 Å². The minimum absolute atomic E-state index is 0.110. The molecule has 3 heteroatoms. The van der Waals surface area contributed by atoms with Crippen LogP contribution in [0.4, 0.5) is 8.78 Å². The van der Waals surface area contributed by atoms with Gasteiger partial charge in [-0.1, -0.05) is 30.3 Å². The third-order valence-corrected chi connectivity index (χ3v) is 3.21. The van der Waals surface area contributed by atoms with Crippen LogP contribution in [0.1, 0.15) is 11.1 Å². The Bertz CT molecular complexity index is 540. The molecule has 1 nitrogen and oxygen atoms in total. The first-order chi connectivity index (χ1) is 9.19. The SMILES string of the molecule is NCC(Cc1cccc(F)c1)Cc1ccccc1F. The zero-order valence-corrected chi connectivity index (χ0v) is 10.7. The molecule has 2 aromatic carbocycles. The van der Waals surface area contributed by atoms with Crippen molar-refractivity contribution in [2.45, 2.75) is 12.8 Å². The molecule has 2 aromatic rings. The van der Waals surface area contributed by atoms with E-state index in [0.717, 1.165) is 5.56 Å². The van der Waals surface area contributed by atoms with Gasteiger partial charge in [0.1, 0.15) is 11.6 Å². The van der Waals surface area contributed by atoms with Gasteiger partial charge in [-0.25, -0.2) is 8.78 Å². The van der Waals surface area contributed by atoms with Gasteiger partial charge in [-0.3, -0.25) is 0 Å². The molecule has 19 heavy (non-hydrogen) atoms. The molecule has 1 atom stereocenters. The van der Waals surface area contributed by atoms with Crippen LogP contribution < -0.4 is 5.73 Å². The third-order valence-electron chi connectivity index (χ3n) is 3.21. The van der Waals surface area contributed by atoms with E-state index < -0.39 is 0 Å². The number of halogens is 2. The number of benzene rings is 2. The molecule has 0 bridgehead atoms. The van der Waals surface area contributed by atoms with E-state index in [4.69, 9.17) is 5.73 Å². The molecule has 2 rings (SSSR count). The first kappa shape index (κ1) is 13.7. The fraction of sp³-hybridized carbons (Fsp3) is 0.250. The summed E-state index contributed by atoms with van der Waals surface area (Å²) in [5, 5.41) is 0. The first-order valence-electron chi connectivity index (χ1n) is 6.37. The molecule has 1 unspecified atom stereocenters. The van der Waals surface area contributed by atoms with E-state index in [2.05, 4.69) is 0 Å². The maximum atomic E-state index is 13.6. The zero-order valence-electron chi connectivity index (χ0n) is 10.7. The van der Waals surface area contributed by atoms with Gasteiger partial charge in [0.2, 0.25) is 0 Å². The summed E-state index contributed by atoms with van der Waals surface area (Å²) in [5.74, 6) is -0.349. The lowest BCUT2D eigenvalue weighted by molar-refractivity contribution is 0.510. The highest BCUT2D eigenvalue weighted by Crippen LogP contribution is 2.17. The highest BCUT2D eigenvalue weighted by Gasteiger charge is 2.12.